The molecule has 11 heavy (non-hydrogen) atoms. The molecule has 0 amide bonds. The van der Waals surface area contributed by atoms with Gasteiger partial charge in [0.2, 0.25) is 0 Å². The zero-order valence-electron chi connectivity index (χ0n) is 7.42. The number of nitrogens with zero attached hydrogens (tertiary/aromatic N) is 1. The highest BCUT2D eigenvalue weighted by Gasteiger charge is 2.05. The van der Waals surface area contributed by atoms with Crippen LogP contribution in [0, 0.1) is 11.3 Å². The van der Waals surface area contributed by atoms with Crippen molar-refractivity contribution in [3.63, 3.8) is 0 Å². The van der Waals surface area contributed by atoms with Gasteiger partial charge in [0, 0.05) is 0 Å². The molecule has 0 aromatic heterocycles. The number of rotatable bonds is 5. The van der Waals surface area contributed by atoms with Gasteiger partial charge in [0.1, 0.15) is 6.04 Å². The summed E-state index contributed by atoms with van der Waals surface area (Å²) in [7, 11) is 1.76. The van der Waals surface area contributed by atoms with Crippen LogP contribution in [0.25, 0.3) is 0 Å². The average Bonchev–Trinajstić information content (AvgIpc) is 2.06. The highest BCUT2D eigenvalue weighted by molar-refractivity contribution is 4.88. The van der Waals surface area contributed by atoms with Gasteiger partial charge in [-0.3, -0.25) is 0 Å². The second-order valence-electron chi connectivity index (χ2n) is 2.52. The molecule has 0 rings (SSSR count). The van der Waals surface area contributed by atoms with Gasteiger partial charge >= 0.3 is 0 Å². The van der Waals surface area contributed by atoms with Crippen LogP contribution in [0.4, 0.5) is 0 Å². The molecule has 0 heterocycles. The summed E-state index contributed by atoms with van der Waals surface area (Å²) in [4.78, 5) is 0. The monoisotopic (exact) mass is 156 g/mol. The third-order valence-corrected chi connectivity index (χ3v) is 1.63. The lowest BCUT2D eigenvalue weighted by Gasteiger charge is -2.12. The largest absolute Gasteiger partial charge is 0.376 e. The molecule has 0 fully saturated rings. The Hall–Kier alpha value is -0.590. The normalized spacial score (nSPS) is 15.5. The van der Waals surface area contributed by atoms with Crippen molar-refractivity contribution in [1.82, 2.24) is 5.32 Å². The average molecular weight is 156 g/mol. The number of nitriles is 1. The maximum atomic E-state index is 8.52. The predicted octanol–water partition coefficient (Wildman–Crippen LogP) is 0.913. The molecular formula is C8H16N2O. The first kappa shape index (κ1) is 10.4. The molecular weight excluding hydrogens is 140 g/mol. The molecule has 0 aliphatic carbocycles. The van der Waals surface area contributed by atoms with E-state index in [1.165, 1.54) is 0 Å². The summed E-state index contributed by atoms with van der Waals surface area (Å²) in [5, 5.41) is 11.4. The summed E-state index contributed by atoms with van der Waals surface area (Å²) in [5.74, 6) is 0. The third kappa shape index (κ3) is 4.77. The third-order valence-electron chi connectivity index (χ3n) is 1.63. The Morgan fingerprint density at radius 1 is 1.64 bits per heavy atom. The van der Waals surface area contributed by atoms with Crippen molar-refractivity contribution in [1.29, 1.82) is 5.26 Å². The Kier molecular flexibility index (Phi) is 5.81. The smallest absolute Gasteiger partial charge is 0.119 e. The predicted molar refractivity (Wildman–Crippen MR) is 44.2 cm³/mol. The van der Waals surface area contributed by atoms with Gasteiger partial charge in [0.25, 0.3) is 0 Å². The van der Waals surface area contributed by atoms with Crippen LogP contribution in [-0.2, 0) is 4.74 Å². The van der Waals surface area contributed by atoms with Crippen LogP contribution in [0.3, 0.4) is 0 Å². The van der Waals surface area contributed by atoms with E-state index in [1.54, 1.807) is 7.05 Å². The molecule has 0 aromatic carbocycles. The molecule has 0 aliphatic rings. The van der Waals surface area contributed by atoms with E-state index in [-0.39, 0.29) is 12.1 Å². The first-order valence-corrected chi connectivity index (χ1v) is 3.93. The summed E-state index contributed by atoms with van der Waals surface area (Å²) in [6, 6.07) is 1.92. The molecule has 2 atom stereocenters. The summed E-state index contributed by atoms with van der Waals surface area (Å²) in [5.41, 5.74) is 0. The van der Waals surface area contributed by atoms with Crippen LogP contribution in [0.5, 0.6) is 0 Å². The Morgan fingerprint density at radius 3 is 2.64 bits per heavy atom. The molecule has 1 N–H and O–H groups in total. The van der Waals surface area contributed by atoms with E-state index in [9.17, 15) is 0 Å². The van der Waals surface area contributed by atoms with E-state index in [2.05, 4.69) is 18.3 Å². The van der Waals surface area contributed by atoms with Crippen LogP contribution >= 0.6 is 0 Å². The standard InChI is InChI=1S/C8H16N2O/c1-4-7(2)11-6-8(5-9)10-3/h7-8,10H,4,6H2,1-3H3. The van der Waals surface area contributed by atoms with Gasteiger partial charge < -0.3 is 10.1 Å². The van der Waals surface area contributed by atoms with Crippen molar-refractivity contribution in [2.45, 2.75) is 32.4 Å². The molecule has 0 saturated heterocycles. The Morgan fingerprint density at radius 2 is 2.27 bits per heavy atom. The van der Waals surface area contributed by atoms with Crippen molar-refractivity contribution >= 4 is 0 Å². The zero-order valence-corrected chi connectivity index (χ0v) is 7.42. The summed E-state index contributed by atoms with van der Waals surface area (Å²) in [6.07, 6.45) is 1.24. The van der Waals surface area contributed by atoms with Crippen molar-refractivity contribution < 1.29 is 4.74 Å². The number of nitrogens with one attached hydrogen (secondary N) is 1. The maximum absolute atomic E-state index is 8.52. The minimum atomic E-state index is -0.177. The number of hydrogen-bond acceptors (Lipinski definition) is 3. The fourth-order valence-corrected chi connectivity index (χ4v) is 0.563. The lowest BCUT2D eigenvalue weighted by Crippen LogP contribution is -2.30. The Balaban J connectivity index is 3.44. The summed E-state index contributed by atoms with van der Waals surface area (Å²) in [6.45, 7) is 4.54. The first-order chi connectivity index (χ1) is 5.24. The van der Waals surface area contributed by atoms with Crippen LogP contribution < -0.4 is 5.32 Å². The molecule has 0 saturated carbocycles. The summed E-state index contributed by atoms with van der Waals surface area (Å²) >= 11 is 0. The lowest BCUT2D eigenvalue weighted by molar-refractivity contribution is 0.0572. The van der Waals surface area contributed by atoms with E-state index in [1.807, 2.05) is 6.92 Å². The number of likely N-dealkylation sites (N-methyl/N-ethyl adjacent to an activating group) is 1. The van der Waals surface area contributed by atoms with Gasteiger partial charge in [0.15, 0.2) is 0 Å². The van der Waals surface area contributed by atoms with Gasteiger partial charge in [-0.2, -0.15) is 5.26 Å². The van der Waals surface area contributed by atoms with E-state index < -0.39 is 0 Å². The molecule has 0 radical (unpaired) electrons. The number of ether oxygens (including phenoxy) is 1. The van der Waals surface area contributed by atoms with Crippen LogP contribution in [0.15, 0.2) is 0 Å². The molecule has 0 aliphatic heterocycles. The van der Waals surface area contributed by atoms with Crippen molar-refractivity contribution in [2.75, 3.05) is 13.7 Å². The summed E-state index contributed by atoms with van der Waals surface area (Å²) < 4.78 is 5.35. The zero-order chi connectivity index (χ0) is 8.69. The second-order valence-corrected chi connectivity index (χ2v) is 2.52. The van der Waals surface area contributed by atoms with E-state index >= 15 is 0 Å². The lowest BCUT2D eigenvalue weighted by atomic mass is 10.3. The SMILES string of the molecule is CCC(C)OCC(C#N)NC. The van der Waals surface area contributed by atoms with Crippen LogP contribution in [0.2, 0.25) is 0 Å². The number of hydrogen-bond donors (Lipinski definition) is 1. The Labute approximate surface area is 68.3 Å². The topological polar surface area (TPSA) is 45.0 Å². The van der Waals surface area contributed by atoms with E-state index in [0.29, 0.717) is 6.61 Å². The van der Waals surface area contributed by atoms with Crippen molar-refractivity contribution in [2.24, 2.45) is 0 Å². The van der Waals surface area contributed by atoms with Gasteiger partial charge in [-0.25, -0.2) is 0 Å². The van der Waals surface area contributed by atoms with Crippen molar-refractivity contribution in [3.8, 4) is 6.07 Å². The minimum absolute atomic E-state index is 0.177. The minimum Gasteiger partial charge on any atom is -0.376 e. The fourth-order valence-electron chi connectivity index (χ4n) is 0.563. The quantitative estimate of drug-likeness (QED) is 0.643. The van der Waals surface area contributed by atoms with E-state index in [0.717, 1.165) is 6.42 Å². The van der Waals surface area contributed by atoms with Gasteiger partial charge in [-0.1, -0.05) is 6.92 Å². The second kappa shape index (κ2) is 6.14. The molecule has 0 spiro atoms. The molecule has 3 nitrogen and oxygen atoms in total. The highest BCUT2D eigenvalue weighted by Crippen LogP contribution is 1.96. The molecule has 3 heteroatoms. The molecule has 0 aromatic rings. The van der Waals surface area contributed by atoms with Crippen LogP contribution in [-0.4, -0.2) is 25.8 Å². The van der Waals surface area contributed by atoms with E-state index in [4.69, 9.17) is 10.00 Å². The Bertz CT molecular complexity index is 131. The highest BCUT2D eigenvalue weighted by atomic mass is 16.5. The van der Waals surface area contributed by atoms with Gasteiger partial charge in [-0.15, -0.1) is 0 Å². The maximum Gasteiger partial charge on any atom is 0.119 e. The fraction of sp³-hybridized carbons (Fsp3) is 0.875. The van der Waals surface area contributed by atoms with Crippen LogP contribution in [0.1, 0.15) is 20.3 Å². The first-order valence-electron chi connectivity index (χ1n) is 3.93. The van der Waals surface area contributed by atoms with Gasteiger partial charge in [0.05, 0.1) is 18.8 Å². The molecule has 64 valence electrons. The molecule has 2 unspecified atom stereocenters. The van der Waals surface area contributed by atoms with Gasteiger partial charge in [-0.05, 0) is 20.4 Å². The molecule has 0 bridgehead atoms. The van der Waals surface area contributed by atoms with Crippen molar-refractivity contribution in [3.05, 3.63) is 0 Å².